The van der Waals surface area contributed by atoms with Crippen molar-refractivity contribution in [2.75, 3.05) is 11.4 Å². The summed E-state index contributed by atoms with van der Waals surface area (Å²) in [4.78, 5) is 15.5. The first-order chi connectivity index (χ1) is 12.9. The molecule has 152 valence electrons. The summed E-state index contributed by atoms with van der Waals surface area (Å²) in [7, 11) is 0. The Morgan fingerprint density at radius 2 is 1.89 bits per heavy atom. The number of guanidine groups is 1. The van der Waals surface area contributed by atoms with Crippen LogP contribution in [0.2, 0.25) is 0 Å². The number of halogens is 4. The van der Waals surface area contributed by atoms with Gasteiger partial charge in [-0.05, 0) is 42.3 Å². The van der Waals surface area contributed by atoms with Crippen LogP contribution in [0, 0.1) is 0 Å². The minimum Gasteiger partial charge on any atom is -0.475 e. The molecule has 0 aromatic heterocycles. The minimum absolute atomic E-state index is 0.207. The van der Waals surface area contributed by atoms with E-state index >= 15 is 0 Å². The standard InChI is InChI=1S/C17H20BrN3.C2HF3O2/c1-10(2)20-17(19)21-9-11(3)16-13-5-4-6-14(18)12(13)7-8-15(16)21;3-2(4,5)1(6)7/h4-8,10-11H,9H2,1-3H3,(H2,19,20);(H,6,7). The lowest BCUT2D eigenvalue weighted by atomic mass is 9.96. The fourth-order valence-corrected chi connectivity index (χ4v) is 3.60. The summed E-state index contributed by atoms with van der Waals surface area (Å²) in [6, 6.07) is 10.9. The van der Waals surface area contributed by atoms with Crippen molar-refractivity contribution in [2.24, 2.45) is 10.7 Å². The zero-order chi connectivity index (χ0) is 21.2. The van der Waals surface area contributed by atoms with Gasteiger partial charge < -0.3 is 15.7 Å². The summed E-state index contributed by atoms with van der Waals surface area (Å²) in [6.07, 6.45) is -5.08. The zero-order valence-corrected chi connectivity index (χ0v) is 17.2. The van der Waals surface area contributed by atoms with Crippen molar-refractivity contribution < 1.29 is 23.1 Å². The van der Waals surface area contributed by atoms with Crippen molar-refractivity contribution in [3.05, 3.63) is 40.4 Å². The first-order valence-corrected chi connectivity index (χ1v) is 9.34. The van der Waals surface area contributed by atoms with Gasteiger partial charge in [0, 0.05) is 28.7 Å². The first-order valence-electron chi connectivity index (χ1n) is 8.55. The maximum absolute atomic E-state index is 10.6. The molecule has 28 heavy (non-hydrogen) atoms. The van der Waals surface area contributed by atoms with E-state index in [1.807, 2.05) is 13.8 Å². The quantitative estimate of drug-likeness (QED) is 0.470. The Balaban J connectivity index is 0.000000345. The normalized spacial score (nSPS) is 16.8. The van der Waals surface area contributed by atoms with Crippen LogP contribution in [0.15, 0.2) is 39.8 Å². The number of aliphatic imine (C=N–C) groups is 1. The SMILES string of the molecule is CC(C)N=C(N)N1CC(C)c2c1ccc1c(Br)cccc21.O=C(O)C(F)(F)F. The van der Waals surface area contributed by atoms with E-state index in [-0.39, 0.29) is 6.04 Å². The van der Waals surface area contributed by atoms with E-state index in [2.05, 4.69) is 63.1 Å². The molecule has 0 fully saturated rings. The summed E-state index contributed by atoms with van der Waals surface area (Å²) in [5.41, 5.74) is 8.76. The molecule has 2 aromatic carbocycles. The fraction of sp³-hybridized carbons (Fsp3) is 0.368. The largest absolute Gasteiger partial charge is 0.490 e. The van der Waals surface area contributed by atoms with Gasteiger partial charge in [-0.3, -0.25) is 4.99 Å². The van der Waals surface area contributed by atoms with Gasteiger partial charge in [0.05, 0.1) is 0 Å². The van der Waals surface area contributed by atoms with Crippen molar-refractivity contribution in [1.29, 1.82) is 0 Å². The van der Waals surface area contributed by atoms with Gasteiger partial charge in [-0.1, -0.05) is 41.1 Å². The summed E-state index contributed by atoms with van der Waals surface area (Å²) >= 11 is 3.64. The number of hydrogen-bond donors (Lipinski definition) is 2. The Kier molecular flexibility index (Phi) is 6.59. The highest BCUT2D eigenvalue weighted by atomic mass is 79.9. The van der Waals surface area contributed by atoms with Gasteiger partial charge in [0.1, 0.15) is 0 Å². The number of hydrogen-bond acceptors (Lipinski definition) is 2. The summed E-state index contributed by atoms with van der Waals surface area (Å²) < 4.78 is 32.9. The monoisotopic (exact) mass is 459 g/mol. The Morgan fingerprint density at radius 3 is 2.43 bits per heavy atom. The van der Waals surface area contributed by atoms with Gasteiger partial charge in [0.15, 0.2) is 5.96 Å². The van der Waals surface area contributed by atoms with Crippen LogP contribution in [0.5, 0.6) is 0 Å². The lowest BCUT2D eigenvalue weighted by Crippen LogP contribution is -2.37. The number of fused-ring (bicyclic) bond motifs is 3. The summed E-state index contributed by atoms with van der Waals surface area (Å²) in [5.74, 6) is -1.70. The molecule has 9 heteroatoms. The highest BCUT2D eigenvalue weighted by Crippen LogP contribution is 2.42. The van der Waals surface area contributed by atoms with Crippen LogP contribution in [-0.2, 0) is 4.79 Å². The molecule has 1 aliphatic heterocycles. The number of nitrogens with zero attached hydrogens (tertiary/aromatic N) is 2. The second-order valence-corrected chi connectivity index (χ2v) is 7.58. The molecule has 0 radical (unpaired) electrons. The molecule has 0 spiro atoms. The smallest absolute Gasteiger partial charge is 0.475 e. The number of carboxylic acid groups (broad SMARTS) is 1. The number of aliphatic carboxylic acids is 1. The zero-order valence-electron chi connectivity index (χ0n) is 15.6. The van der Waals surface area contributed by atoms with Gasteiger partial charge in [0.25, 0.3) is 0 Å². The maximum Gasteiger partial charge on any atom is 0.490 e. The van der Waals surface area contributed by atoms with Crippen LogP contribution in [0.4, 0.5) is 18.9 Å². The van der Waals surface area contributed by atoms with Crippen LogP contribution in [0.25, 0.3) is 10.8 Å². The van der Waals surface area contributed by atoms with Gasteiger partial charge in [0.2, 0.25) is 0 Å². The summed E-state index contributed by atoms with van der Waals surface area (Å²) in [5, 5.41) is 9.68. The van der Waals surface area contributed by atoms with E-state index in [0.717, 1.165) is 11.0 Å². The Labute approximate surface area is 169 Å². The molecule has 5 nitrogen and oxygen atoms in total. The van der Waals surface area contributed by atoms with E-state index in [4.69, 9.17) is 15.6 Å². The van der Waals surface area contributed by atoms with Gasteiger partial charge in [-0.2, -0.15) is 13.2 Å². The number of nitrogens with two attached hydrogens (primary N) is 1. The average Bonchev–Trinajstić information content (AvgIpc) is 2.92. The molecule has 0 bridgehead atoms. The van der Waals surface area contributed by atoms with Crippen LogP contribution < -0.4 is 10.6 Å². The van der Waals surface area contributed by atoms with Crippen molar-refractivity contribution in [3.8, 4) is 0 Å². The van der Waals surface area contributed by atoms with Crippen molar-refractivity contribution in [2.45, 2.75) is 38.9 Å². The molecule has 0 amide bonds. The van der Waals surface area contributed by atoms with Crippen molar-refractivity contribution in [1.82, 2.24) is 0 Å². The second kappa shape index (κ2) is 8.38. The molecule has 0 aliphatic carbocycles. The molecule has 0 saturated carbocycles. The van der Waals surface area contributed by atoms with Crippen LogP contribution in [-0.4, -0.2) is 35.8 Å². The van der Waals surface area contributed by atoms with Gasteiger partial charge >= 0.3 is 12.1 Å². The third kappa shape index (κ3) is 4.76. The van der Waals surface area contributed by atoms with Crippen molar-refractivity contribution >= 4 is 44.3 Å². The predicted molar refractivity (Wildman–Crippen MR) is 108 cm³/mol. The van der Waals surface area contributed by atoms with Crippen molar-refractivity contribution in [3.63, 3.8) is 0 Å². The average molecular weight is 460 g/mol. The molecule has 2 aromatic rings. The van der Waals surface area contributed by atoms with E-state index in [9.17, 15) is 13.2 Å². The van der Waals surface area contributed by atoms with Crippen LogP contribution in [0.1, 0.15) is 32.3 Å². The Hall–Kier alpha value is -2.29. The highest BCUT2D eigenvalue weighted by molar-refractivity contribution is 9.10. The molecule has 3 N–H and O–H groups in total. The van der Waals surface area contributed by atoms with Crippen LogP contribution >= 0.6 is 15.9 Å². The third-order valence-corrected chi connectivity index (χ3v) is 4.87. The Morgan fingerprint density at radius 1 is 1.29 bits per heavy atom. The number of carbonyl (C=O) groups is 1. The maximum atomic E-state index is 10.6. The lowest BCUT2D eigenvalue weighted by Gasteiger charge is -2.19. The van der Waals surface area contributed by atoms with Gasteiger partial charge in [-0.15, -0.1) is 0 Å². The number of benzene rings is 2. The number of carboxylic acids is 1. The number of rotatable bonds is 1. The number of alkyl halides is 3. The molecular formula is C19H21BrF3N3O2. The molecule has 1 heterocycles. The second-order valence-electron chi connectivity index (χ2n) is 6.73. The van der Waals surface area contributed by atoms with Crippen LogP contribution in [0.3, 0.4) is 0 Å². The minimum atomic E-state index is -5.08. The summed E-state index contributed by atoms with van der Waals surface area (Å²) in [6.45, 7) is 7.24. The van der Waals surface area contributed by atoms with E-state index in [1.54, 1.807) is 0 Å². The molecule has 1 atom stereocenters. The third-order valence-electron chi connectivity index (χ3n) is 4.18. The first kappa shape index (κ1) is 22.0. The highest BCUT2D eigenvalue weighted by Gasteiger charge is 2.38. The molecule has 1 aliphatic rings. The van der Waals surface area contributed by atoms with E-state index < -0.39 is 12.1 Å². The molecule has 0 saturated heterocycles. The molecular weight excluding hydrogens is 439 g/mol. The van der Waals surface area contributed by atoms with E-state index in [1.165, 1.54) is 22.0 Å². The van der Waals surface area contributed by atoms with Gasteiger partial charge in [-0.25, -0.2) is 4.79 Å². The van der Waals surface area contributed by atoms with E-state index in [0.29, 0.717) is 11.9 Å². The molecule has 1 unspecified atom stereocenters. The lowest BCUT2D eigenvalue weighted by molar-refractivity contribution is -0.192. The number of anilines is 1. The molecule has 3 rings (SSSR count). The fourth-order valence-electron chi connectivity index (χ4n) is 3.10. The predicted octanol–water partition coefficient (Wildman–Crippen LogP) is 4.88. The Bertz CT molecular complexity index is 913. The topological polar surface area (TPSA) is 78.9 Å².